The molecule has 0 saturated heterocycles. The molecule has 3 rings (SSSR count). The Bertz CT molecular complexity index is 723. The number of rotatable bonds is 5. The second kappa shape index (κ2) is 8.31. The first-order chi connectivity index (χ1) is 11.7. The Morgan fingerprint density at radius 2 is 1.96 bits per heavy atom. The highest BCUT2D eigenvalue weighted by Gasteiger charge is 2.11. The van der Waals surface area contributed by atoms with Gasteiger partial charge in [0.25, 0.3) is 0 Å². The lowest BCUT2D eigenvalue weighted by molar-refractivity contribution is -0.115. The van der Waals surface area contributed by atoms with Crippen LogP contribution in [0.3, 0.4) is 0 Å². The smallest absolute Gasteiger partial charge is 0.225 e. The van der Waals surface area contributed by atoms with E-state index in [-0.39, 0.29) is 5.91 Å². The Labute approximate surface area is 150 Å². The van der Waals surface area contributed by atoms with Crippen molar-refractivity contribution in [2.45, 2.75) is 17.7 Å². The van der Waals surface area contributed by atoms with Gasteiger partial charge in [0.15, 0.2) is 11.5 Å². The molecule has 0 atom stereocenters. The van der Waals surface area contributed by atoms with Crippen LogP contribution in [0.15, 0.2) is 47.4 Å². The Hall–Kier alpha value is -1.85. The molecule has 0 aromatic heterocycles. The van der Waals surface area contributed by atoms with Crippen molar-refractivity contribution in [2.24, 2.45) is 0 Å². The fourth-order valence-corrected chi connectivity index (χ4v) is 3.35. The SMILES string of the molecule is O=C(CCSc1ccc2c(c1)OCCCO2)Nc1cccc(Cl)c1. The minimum atomic E-state index is -0.0286. The van der Waals surface area contributed by atoms with Gasteiger partial charge in [-0.2, -0.15) is 0 Å². The number of halogens is 1. The second-order valence-corrected chi connectivity index (χ2v) is 6.92. The first-order valence-corrected chi connectivity index (χ1v) is 9.15. The monoisotopic (exact) mass is 363 g/mol. The fourth-order valence-electron chi connectivity index (χ4n) is 2.28. The number of hydrogen-bond acceptors (Lipinski definition) is 4. The quantitative estimate of drug-likeness (QED) is 0.787. The summed E-state index contributed by atoms with van der Waals surface area (Å²) in [5, 5.41) is 3.45. The number of carbonyl (C=O) groups excluding carboxylic acids is 1. The molecular formula is C18H18ClNO3S. The summed E-state index contributed by atoms with van der Waals surface area (Å²) < 4.78 is 11.3. The molecule has 0 spiro atoms. The van der Waals surface area contributed by atoms with Crippen LogP contribution in [0.1, 0.15) is 12.8 Å². The van der Waals surface area contributed by atoms with Crippen molar-refractivity contribution in [3.63, 3.8) is 0 Å². The van der Waals surface area contributed by atoms with Gasteiger partial charge in [0.2, 0.25) is 5.91 Å². The van der Waals surface area contributed by atoms with E-state index in [1.165, 1.54) is 0 Å². The van der Waals surface area contributed by atoms with Gasteiger partial charge in [-0.15, -0.1) is 11.8 Å². The number of thioether (sulfide) groups is 1. The van der Waals surface area contributed by atoms with Crippen molar-refractivity contribution < 1.29 is 14.3 Å². The highest BCUT2D eigenvalue weighted by atomic mass is 35.5. The summed E-state index contributed by atoms with van der Waals surface area (Å²) in [4.78, 5) is 13.0. The molecule has 126 valence electrons. The fraction of sp³-hybridized carbons (Fsp3) is 0.278. The average molecular weight is 364 g/mol. The van der Waals surface area contributed by atoms with Crippen LogP contribution in [-0.4, -0.2) is 24.9 Å². The van der Waals surface area contributed by atoms with Crippen LogP contribution in [0.4, 0.5) is 5.69 Å². The molecular weight excluding hydrogens is 346 g/mol. The van der Waals surface area contributed by atoms with Gasteiger partial charge in [0.1, 0.15) is 0 Å². The maximum atomic E-state index is 12.0. The Kier molecular flexibility index (Phi) is 5.88. The van der Waals surface area contributed by atoms with Crippen molar-refractivity contribution >= 4 is 35.0 Å². The summed E-state index contributed by atoms with van der Waals surface area (Å²) in [6.07, 6.45) is 1.31. The summed E-state index contributed by atoms with van der Waals surface area (Å²) in [7, 11) is 0. The van der Waals surface area contributed by atoms with Crippen LogP contribution >= 0.6 is 23.4 Å². The van der Waals surface area contributed by atoms with Crippen molar-refractivity contribution in [2.75, 3.05) is 24.3 Å². The van der Waals surface area contributed by atoms with E-state index in [0.29, 0.717) is 36.1 Å². The lowest BCUT2D eigenvalue weighted by atomic mass is 10.3. The number of anilines is 1. The summed E-state index contributed by atoms with van der Waals surface area (Å²) >= 11 is 7.52. The minimum absolute atomic E-state index is 0.0286. The van der Waals surface area contributed by atoms with Gasteiger partial charge >= 0.3 is 0 Å². The molecule has 2 aromatic rings. The van der Waals surface area contributed by atoms with E-state index in [2.05, 4.69) is 5.32 Å². The number of benzene rings is 2. The van der Waals surface area contributed by atoms with Crippen LogP contribution in [0.5, 0.6) is 11.5 Å². The van der Waals surface area contributed by atoms with E-state index >= 15 is 0 Å². The average Bonchev–Trinajstić information content (AvgIpc) is 2.79. The maximum absolute atomic E-state index is 12.0. The Morgan fingerprint density at radius 3 is 2.79 bits per heavy atom. The van der Waals surface area contributed by atoms with E-state index in [1.54, 1.807) is 23.9 Å². The largest absolute Gasteiger partial charge is 0.490 e. The third-order valence-corrected chi connectivity index (χ3v) is 4.66. The summed E-state index contributed by atoms with van der Waals surface area (Å²) in [6.45, 7) is 1.35. The van der Waals surface area contributed by atoms with Crippen molar-refractivity contribution in [3.05, 3.63) is 47.5 Å². The molecule has 0 saturated carbocycles. The summed E-state index contributed by atoms with van der Waals surface area (Å²) in [6, 6.07) is 13.0. The number of ether oxygens (including phenoxy) is 2. The molecule has 0 radical (unpaired) electrons. The first kappa shape index (κ1) is 17.0. The number of hydrogen-bond donors (Lipinski definition) is 1. The molecule has 4 nitrogen and oxygen atoms in total. The highest BCUT2D eigenvalue weighted by molar-refractivity contribution is 7.99. The van der Waals surface area contributed by atoms with Crippen LogP contribution in [0.25, 0.3) is 0 Å². The summed E-state index contributed by atoms with van der Waals surface area (Å²) in [5.41, 5.74) is 0.716. The van der Waals surface area contributed by atoms with Gasteiger partial charge in [-0.05, 0) is 36.4 Å². The highest BCUT2D eigenvalue weighted by Crippen LogP contribution is 2.34. The molecule has 1 amide bonds. The van der Waals surface area contributed by atoms with Crippen molar-refractivity contribution in [3.8, 4) is 11.5 Å². The first-order valence-electron chi connectivity index (χ1n) is 7.78. The molecule has 1 aliphatic heterocycles. The van der Waals surface area contributed by atoms with Gasteiger partial charge in [-0.3, -0.25) is 4.79 Å². The Balaban J connectivity index is 1.49. The van der Waals surface area contributed by atoms with E-state index in [1.807, 2.05) is 30.3 Å². The van der Waals surface area contributed by atoms with E-state index in [4.69, 9.17) is 21.1 Å². The zero-order chi connectivity index (χ0) is 16.8. The molecule has 2 aromatic carbocycles. The molecule has 6 heteroatoms. The van der Waals surface area contributed by atoms with E-state index < -0.39 is 0 Å². The Morgan fingerprint density at radius 1 is 1.12 bits per heavy atom. The minimum Gasteiger partial charge on any atom is -0.490 e. The van der Waals surface area contributed by atoms with Crippen molar-refractivity contribution in [1.29, 1.82) is 0 Å². The molecule has 1 N–H and O–H groups in total. The molecule has 1 heterocycles. The molecule has 1 aliphatic rings. The zero-order valence-electron chi connectivity index (χ0n) is 13.1. The number of fused-ring (bicyclic) bond motifs is 1. The third kappa shape index (κ3) is 4.82. The molecule has 0 unspecified atom stereocenters. The maximum Gasteiger partial charge on any atom is 0.225 e. The number of amides is 1. The standard InChI is InChI=1S/C18H18ClNO3S/c19-13-3-1-4-14(11-13)20-18(21)7-10-24-15-5-6-16-17(12-15)23-9-2-8-22-16/h1,3-6,11-12H,2,7-10H2,(H,20,21). The van der Waals surface area contributed by atoms with Crippen molar-refractivity contribution in [1.82, 2.24) is 0 Å². The molecule has 0 bridgehead atoms. The second-order valence-electron chi connectivity index (χ2n) is 5.32. The van der Waals surface area contributed by atoms with Crippen LogP contribution in [-0.2, 0) is 4.79 Å². The van der Waals surface area contributed by atoms with E-state index in [0.717, 1.165) is 22.8 Å². The summed E-state index contributed by atoms with van der Waals surface area (Å²) in [5.74, 6) is 2.22. The number of nitrogens with one attached hydrogen (secondary N) is 1. The van der Waals surface area contributed by atoms with Crippen LogP contribution in [0.2, 0.25) is 5.02 Å². The van der Waals surface area contributed by atoms with Crippen LogP contribution < -0.4 is 14.8 Å². The van der Waals surface area contributed by atoms with Gasteiger partial charge in [0, 0.05) is 34.2 Å². The van der Waals surface area contributed by atoms with Gasteiger partial charge in [-0.25, -0.2) is 0 Å². The molecule has 0 aliphatic carbocycles. The zero-order valence-corrected chi connectivity index (χ0v) is 14.7. The topological polar surface area (TPSA) is 47.6 Å². The van der Waals surface area contributed by atoms with Crippen LogP contribution in [0, 0.1) is 0 Å². The van der Waals surface area contributed by atoms with Gasteiger partial charge in [0.05, 0.1) is 13.2 Å². The lowest BCUT2D eigenvalue weighted by Gasteiger charge is -2.09. The number of carbonyl (C=O) groups is 1. The molecule has 0 fully saturated rings. The third-order valence-electron chi connectivity index (χ3n) is 3.43. The van der Waals surface area contributed by atoms with Gasteiger partial charge < -0.3 is 14.8 Å². The normalized spacial score (nSPS) is 13.2. The predicted molar refractivity (Wildman–Crippen MR) is 97.5 cm³/mol. The predicted octanol–water partition coefficient (Wildman–Crippen LogP) is 4.62. The van der Waals surface area contributed by atoms with Gasteiger partial charge in [-0.1, -0.05) is 17.7 Å². The molecule has 24 heavy (non-hydrogen) atoms. The lowest BCUT2D eigenvalue weighted by Crippen LogP contribution is -2.12. The van der Waals surface area contributed by atoms with E-state index in [9.17, 15) is 4.79 Å².